The van der Waals surface area contributed by atoms with Gasteiger partial charge in [0.2, 0.25) is 5.91 Å². The second-order valence-electron chi connectivity index (χ2n) is 12.0. The van der Waals surface area contributed by atoms with E-state index in [0.717, 1.165) is 49.8 Å². The summed E-state index contributed by atoms with van der Waals surface area (Å²) >= 11 is 0. The molecule has 1 aromatic heterocycles. The second-order valence-corrected chi connectivity index (χ2v) is 12.0. The highest BCUT2D eigenvalue weighted by molar-refractivity contribution is 5.96. The van der Waals surface area contributed by atoms with Crippen LogP contribution in [0.25, 0.3) is 0 Å². The lowest BCUT2D eigenvalue weighted by Crippen LogP contribution is -2.52. The van der Waals surface area contributed by atoms with Gasteiger partial charge in [-0.1, -0.05) is 13.5 Å². The van der Waals surface area contributed by atoms with Gasteiger partial charge in [0.15, 0.2) is 17.3 Å². The van der Waals surface area contributed by atoms with Crippen LogP contribution in [0.5, 0.6) is 0 Å². The summed E-state index contributed by atoms with van der Waals surface area (Å²) in [6.07, 6.45) is 5.26. The van der Waals surface area contributed by atoms with Crippen LogP contribution in [-0.2, 0) is 11.2 Å². The number of aryl methyl sites for hydroxylation is 1. The van der Waals surface area contributed by atoms with Crippen molar-refractivity contribution in [3.63, 3.8) is 0 Å². The second kappa shape index (κ2) is 11.9. The molecule has 4 fully saturated rings. The summed E-state index contributed by atoms with van der Waals surface area (Å²) in [7, 11) is 2.21. The van der Waals surface area contributed by atoms with E-state index in [1.54, 1.807) is 0 Å². The predicted molar refractivity (Wildman–Crippen MR) is 165 cm³/mol. The third-order valence-electron chi connectivity index (χ3n) is 9.50. The Morgan fingerprint density at radius 3 is 2.31 bits per heavy atom. The van der Waals surface area contributed by atoms with Crippen molar-refractivity contribution in [1.29, 1.82) is 0 Å². The Hall–Kier alpha value is -3.70. The zero-order valence-electron chi connectivity index (χ0n) is 24.8. The molecule has 0 unspecified atom stereocenters. The molecule has 4 saturated heterocycles. The number of hydrogen-bond acceptors (Lipinski definition) is 9. The summed E-state index contributed by atoms with van der Waals surface area (Å²) in [6, 6.07) is 9.27. The van der Waals surface area contributed by atoms with Crippen molar-refractivity contribution in [2.45, 2.75) is 50.7 Å². The number of aromatic nitrogens is 2. The Bertz CT molecular complexity index is 1320. The minimum Gasteiger partial charge on any atom is -0.371 e. The van der Waals surface area contributed by atoms with E-state index < -0.39 is 5.91 Å². The van der Waals surface area contributed by atoms with Gasteiger partial charge >= 0.3 is 0 Å². The Labute approximate surface area is 248 Å². The number of likely N-dealkylation sites (N-methyl/N-ethyl adjacent to an activating group) is 1. The molecule has 2 aromatic rings. The molecule has 1 aromatic carbocycles. The number of nitrogens with zero attached hydrogens (tertiary/aromatic N) is 7. The fourth-order valence-corrected chi connectivity index (χ4v) is 7.07. The van der Waals surface area contributed by atoms with E-state index in [0.29, 0.717) is 31.4 Å². The summed E-state index contributed by atoms with van der Waals surface area (Å²) < 4.78 is 0. The molecule has 5 heterocycles. The van der Waals surface area contributed by atoms with E-state index in [9.17, 15) is 9.59 Å². The van der Waals surface area contributed by atoms with Gasteiger partial charge in [0.25, 0.3) is 5.91 Å². The Morgan fingerprint density at radius 2 is 1.71 bits per heavy atom. The number of nitrogens with two attached hydrogens (primary N) is 1. The molecule has 224 valence electrons. The first kappa shape index (κ1) is 28.4. The van der Waals surface area contributed by atoms with Gasteiger partial charge in [-0.2, -0.15) is 0 Å². The number of carbonyl (C=O) groups is 2. The first-order chi connectivity index (χ1) is 20.3. The van der Waals surface area contributed by atoms with E-state index in [4.69, 9.17) is 10.7 Å². The molecule has 2 atom stereocenters. The first-order valence-electron chi connectivity index (χ1n) is 15.3. The molecule has 0 spiro atoms. The van der Waals surface area contributed by atoms with Crippen LogP contribution in [0, 0.1) is 0 Å². The first-order valence-corrected chi connectivity index (χ1v) is 15.3. The molecule has 11 nitrogen and oxygen atoms in total. The number of nitrogens with one attached hydrogen (secondary N) is 1. The van der Waals surface area contributed by atoms with Crippen LogP contribution in [0.3, 0.4) is 0 Å². The zero-order valence-corrected chi connectivity index (χ0v) is 24.8. The lowest BCUT2D eigenvalue weighted by Gasteiger charge is -2.42. The van der Waals surface area contributed by atoms with Crippen LogP contribution in [0.15, 0.2) is 36.9 Å². The zero-order chi connectivity index (χ0) is 29.4. The number of rotatable bonds is 8. The summed E-state index contributed by atoms with van der Waals surface area (Å²) in [5.41, 5.74) is 8.65. The highest BCUT2D eigenvalue weighted by atomic mass is 16.2. The highest BCUT2D eigenvalue weighted by Gasteiger charge is 2.46. The largest absolute Gasteiger partial charge is 0.371 e. The number of hydrogen-bond donors (Lipinski definition) is 2. The molecule has 6 rings (SSSR count). The van der Waals surface area contributed by atoms with Crippen LogP contribution in [-0.4, -0.2) is 114 Å². The molecule has 11 heteroatoms. The average molecular weight is 574 g/mol. The summed E-state index contributed by atoms with van der Waals surface area (Å²) in [5.74, 6) is 0.468. The maximum absolute atomic E-state index is 12.4. The van der Waals surface area contributed by atoms with E-state index in [1.807, 2.05) is 24.0 Å². The fourth-order valence-electron chi connectivity index (χ4n) is 7.07. The third-order valence-corrected chi connectivity index (χ3v) is 9.50. The molecule has 42 heavy (non-hydrogen) atoms. The molecule has 0 radical (unpaired) electrons. The molecule has 4 aliphatic rings. The normalized spacial score (nSPS) is 23.4. The number of amides is 2. The van der Waals surface area contributed by atoms with Gasteiger partial charge in [0.1, 0.15) is 0 Å². The maximum Gasteiger partial charge on any atom is 0.271 e. The van der Waals surface area contributed by atoms with Gasteiger partial charge < -0.3 is 30.7 Å². The minimum absolute atomic E-state index is 0.0294. The number of anilines is 4. The van der Waals surface area contributed by atoms with Gasteiger partial charge in [-0.25, -0.2) is 9.97 Å². The molecular formula is C31H43N9O2. The van der Waals surface area contributed by atoms with Crippen LogP contribution < -0.4 is 20.9 Å². The van der Waals surface area contributed by atoms with Crippen molar-refractivity contribution in [1.82, 2.24) is 24.7 Å². The molecule has 4 aliphatic heterocycles. The van der Waals surface area contributed by atoms with Gasteiger partial charge in [-0.3, -0.25) is 14.5 Å². The number of primary amides is 1. The number of piperazine rings is 2. The SMILES string of the molecule is C=CC(=O)N1C[C@H]2C[C@@H]1CN2c1nc(Nc2ccc(N3CCC(N4CCN(C)CC4)CC3)cc2)c(C(N)=O)nc1CC. The van der Waals surface area contributed by atoms with E-state index in [1.165, 1.54) is 37.7 Å². The Morgan fingerprint density at radius 1 is 1.00 bits per heavy atom. The summed E-state index contributed by atoms with van der Waals surface area (Å²) in [5, 5.41) is 3.32. The number of benzene rings is 1. The lowest BCUT2D eigenvalue weighted by atomic mass is 10.0. The summed E-state index contributed by atoms with van der Waals surface area (Å²) in [4.78, 5) is 45.9. The number of fused-ring (bicyclic) bond motifs is 2. The molecule has 0 aliphatic carbocycles. The maximum atomic E-state index is 12.4. The van der Waals surface area contributed by atoms with Gasteiger partial charge in [-0.05, 0) is 63.1 Å². The van der Waals surface area contributed by atoms with Crippen molar-refractivity contribution in [2.75, 3.05) is 74.5 Å². The van der Waals surface area contributed by atoms with Crippen LogP contribution in [0.4, 0.5) is 23.0 Å². The third kappa shape index (κ3) is 5.55. The smallest absolute Gasteiger partial charge is 0.271 e. The lowest BCUT2D eigenvalue weighted by molar-refractivity contribution is -0.127. The van der Waals surface area contributed by atoms with E-state index in [-0.39, 0.29) is 23.7 Å². The van der Waals surface area contributed by atoms with Crippen molar-refractivity contribution < 1.29 is 9.59 Å². The number of likely N-dealkylation sites (tertiary alicyclic amines) is 1. The van der Waals surface area contributed by atoms with Crippen molar-refractivity contribution in [2.24, 2.45) is 5.73 Å². The van der Waals surface area contributed by atoms with Gasteiger partial charge in [-0.15, -0.1) is 0 Å². The quantitative estimate of drug-likeness (QED) is 0.458. The molecule has 2 bridgehead atoms. The van der Waals surface area contributed by atoms with E-state index >= 15 is 0 Å². The molecule has 3 N–H and O–H groups in total. The predicted octanol–water partition coefficient (Wildman–Crippen LogP) is 2.07. The summed E-state index contributed by atoms with van der Waals surface area (Å²) in [6.45, 7) is 13.7. The molecular weight excluding hydrogens is 530 g/mol. The standard InChI is InChI=1S/C31H43N9O2/c1-4-26-31(40-20-24-18-25(40)19-39(24)27(41)5-2)35-30(28(34-26)29(32)42)33-21-6-8-22(9-7-21)37-12-10-23(11-13-37)38-16-14-36(3)15-17-38/h5-9,23-25H,2,4,10-20H2,1,3H3,(H2,32,42)(H,33,35)/t24-,25-/m1/s1. The van der Waals surface area contributed by atoms with Crippen molar-refractivity contribution >= 4 is 34.8 Å². The Balaban J connectivity index is 1.15. The van der Waals surface area contributed by atoms with Gasteiger partial charge in [0, 0.05) is 69.8 Å². The van der Waals surface area contributed by atoms with Crippen molar-refractivity contribution in [3.05, 3.63) is 48.3 Å². The average Bonchev–Trinajstić information content (AvgIpc) is 3.63. The van der Waals surface area contributed by atoms with Crippen LogP contribution in [0.2, 0.25) is 0 Å². The van der Waals surface area contributed by atoms with Gasteiger partial charge in [0.05, 0.1) is 17.8 Å². The number of carbonyl (C=O) groups excluding carboxylic acids is 2. The Kier molecular flexibility index (Phi) is 8.04. The fraction of sp³-hybridized carbons (Fsp3) is 0.548. The molecule has 0 saturated carbocycles. The minimum atomic E-state index is -0.614. The van der Waals surface area contributed by atoms with E-state index in [2.05, 4.69) is 55.7 Å². The van der Waals surface area contributed by atoms with Crippen LogP contribution >= 0.6 is 0 Å². The highest BCUT2D eigenvalue weighted by Crippen LogP contribution is 2.36. The monoisotopic (exact) mass is 573 g/mol. The molecule has 2 amide bonds. The van der Waals surface area contributed by atoms with Crippen LogP contribution in [0.1, 0.15) is 42.4 Å². The number of piperidine rings is 1. The topological polar surface area (TPSA) is 114 Å². The van der Waals surface area contributed by atoms with Crippen molar-refractivity contribution in [3.8, 4) is 0 Å².